The number of pyridine rings is 1. The summed E-state index contributed by atoms with van der Waals surface area (Å²) in [6.07, 6.45) is 4.88. The molecular formula is C23H25F2N7O2. The van der Waals surface area contributed by atoms with Crippen molar-refractivity contribution >= 4 is 17.2 Å². The summed E-state index contributed by atoms with van der Waals surface area (Å²) < 4.78 is 29.9. The monoisotopic (exact) mass is 469 g/mol. The van der Waals surface area contributed by atoms with Gasteiger partial charge in [0.25, 0.3) is 5.91 Å². The molecule has 0 spiro atoms. The fourth-order valence-electron chi connectivity index (χ4n) is 3.82. The topological polar surface area (TPSA) is 128 Å². The van der Waals surface area contributed by atoms with Crippen molar-refractivity contribution in [3.8, 4) is 17.3 Å². The Balaban J connectivity index is 1.67. The van der Waals surface area contributed by atoms with E-state index in [4.69, 9.17) is 5.26 Å². The number of nitrogens with one attached hydrogen (secondary N) is 2. The maximum absolute atomic E-state index is 14.3. The number of nitriles is 1. The van der Waals surface area contributed by atoms with Gasteiger partial charge in [0.1, 0.15) is 18.4 Å². The maximum Gasteiger partial charge on any atom is 0.255 e. The van der Waals surface area contributed by atoms with Crippen molar-refractivity contribution < 1.29 is 18.7 Å². The molecule has 0 aliphatic heterocycles. The lowest BCUT2D eigenvalue weighted by molar-refractivity contribution is -0.00177. The quantitative estimate of drug-likeness (QED) is 0.485. The Morgan fingerprint density at radius 3 is 2.82 bits per heavy atom. The summed E-state index contributed by atoms with van der Waals surface area (Å²) in [6.45, 7) is 2.24. The number of hydrogen-bond donors (Lipinski definition) is 3. The van der Waals surface area contributed by atoms with Crippen LogP contribution in [0.1, 0.15) is 49.0 Å². The van der Waals surface area contributed by atoms with Crippen molar-refractivity contribution in [2.24, 2.45) is 0 Å². The molecule has 0 radical (unpaired) electrons. The van der Waals surface area contributed by atoms with Gasteiger partial charge in [0.05, 0.1) is 58.7 Å². The number of aromatic nitrogens is 4. The Bertz CT molecular complexity index is 1250. The largest absolute Gasteiger partial charge is 0.387 e. The van der Waals surface area contributed by atoms with E-state index < -0.39 is 36.4 Å². The molecule has 3 aromatic rings. The van der Waals surface area contributed by atoms with E-state index in [2.05, 4.69) is 25.7 Å². The third kappa shape index (κ3) is 4.82. The Morgan fingerprint density at radius 2 is 2.15 bits per heavy atom. The van der Waals surface area contributed by atoms with E-state index in [0.29, 0.717) is 41.0 Å². The third-order valence-corrected chi connectivity index (χ3v) is 5.89. The lowest BCUT2D eigenvalue weighted by atomic mass is 10.0. The summed E-state index contributed by atoms with van der Waals surface area (Å²) in [6, 6.07) is 3.14. The number of amides is 1. The van der Waals surface area contributed by atoms with Crippen LogP contribution in [0.15, 0.2) is 30.9 Å². The van der Waals surface area contributed by atoms with Gasteiger partial charge in [0.2, 0.25) is 0 Å². The smallest absolute Gasteiger partial charge is 0.255 e. The van der Waals surface area contributed by atoms with Gasteiger partial charge >= 0.3 is 0 Å². The van der Waals surface area contributed by atoms with Crippen molar-refractivity contribution in [3.05, 3.63) is 42.0 Å². The number of fused-ring (bicyclic) bond motifs is 1. The summed E-state index contributed by atoms with van der Waals surface area (Å²) in [5, 5.41) is 28.6. The molecular weight excluding hydrogens is 444 g/mol. The normalized spacial score (nSPS) is 19.1. The Hall–Kier alpha value is -3.65. The SMILES string of the molecule is CC(C)(O)C(F)CNC(=O)c1cnc(-c2cnn3cc(C#N)cnc23)cc1N[C@@H]1CCC[C@@H]1F. The number of rotatable bonds is 7. The molecule has 178 valence electrons. The standard InChI is InChI=1S/C23H25F2N7O2/c1-23(2,34)20(25)11-29-22(33)15-9-27-18(6-19(15)31-17-5-3-4-16(17)24)14-10-30-32-12-13(7-26)8-28-21(14)32/h6,8-10,12,16-17,20,34H,3-5,11H2,1-2H3,(H,27,31)(H,29,33)/t16-,17+,20?/m0/s1. The van der Waals surface area contributed by atoms with E-state index >= 15 is 0 Å². The molecule has 0 saturated heterocycles. The Morgan fingerprint density at radius 1 is 1.35 bits per heavy atom. The van der Waals surface area contributed by atoms with Gasteiger partial charge in [-0.3, -0.25) is 9.78 Å². The molecule has 11 heteroatoms. The van der Waals surface area contributed by atoms with Crippen LogP contribution in [0, 0.1) is 11.3 Å². The zero-order valence-electron chi connectivity index (χ0n) is 18.8. The average Bonchev–Trinajstić information content (AvgIpc) is 3.41. The average molecular weight is 469 g/mol. The molecule has 3 atom stereocenters. The molecule has 1 amide bonds. The predicted molar refractivity (Wildman–Crippen MR) is 121 cm³/mol. The molecule has 3 N–H and O–H groups in total. The van der Waals surface area contributed by atoms with Crippen LogP contribution in [0.3, 0.4) is 0 Å². The molecule has 4 rings (SSSR count). The van der Waals surface area contributed by atoms with Gasteiger partial charge in [0.15, 0.2) is 5.65 Å². The van der Waals surface area contributed by atoms with E-state index in [-0.39, 0.29) is 5.56 Å². The first-order valence-electron chi connectivity index (χ1n) is 11.0. The van der Waals surface area contributed by atoms with Gasteiger partial charge < -0.3 is 15.7 Å². The van der Waals surface area contributed by atoms with Gasteiger partial charge in [-0.1, -0.05) is 0 Å². The highest BCUT2D eigenvalue weighted by Crippen LogP contribution is 2.30. The summed E-state index contributed by atoms with van der Waals surface area (Å²) in [5.41, 5.74) is 0.684. The van der Waals surface area contributed by atoms with Gasteiger partial charge in [-0.05, 0) is 39.2 Å². The molecule has 1 saturated carbocycles. The van der Waals surface area contributed by atoms with Crippen molar-refractivity contribution in [2.45, 2.75) is 57.1 Å². The highest BCUT2D eigenvalue weighted by molar-refractivity contribution is 6.00. The number of carbonyl (C=O) groups excluding carboxylic acids is 1. The Labute approximate surface area is 194 Å². The number of alkyl halides is 2. The highest BCUT2D eigenvalue weighted by atomic mass is 19.1. The fraction of sp³-hybridized carbons (Fsp3) is 0.435. The van der Waals surface area contributed by atoms with Crippen molar-refractivity contribution in [1.29, 1.82) is 5.26 Å². The minimum atomic E-state index is -1.67. The zero-order valence-corrected chi connectivity index (χ0v) is 18.8. The van der Waals surface area contributed by atoms with E-state index in [9.17, 15) is 18.7 Å². The van der Waals surface area contributed by atoms with Gasteiger partial charge in [0, 0.05) is 12.4 Å². The van der Waals surface area contributed by atoms with E-state index in [1.165, 1.54) is 37.0 Å². The second kappa shape index (κ2) is 9.30. The summed E-state index contributed by atoms with van der Waals surface area (Å²) in [7, 11) is 0. The number of anilines is 1. The molecule has 1 fully saturated rings. The number of nitrogens with zero attached hydrogens (tertiary/aromatic N) is 5. The molecule has 34 heavy (non-hydrogen) atoms. The van der Waals surface area contributed by atoms with Crippen LogP contribution in [0.4, 0.5) is 14.5 Å². The summed E-state index contributed by atoms with van der Waals surface area (Å²) >= 11 is 0. The predicted octanol–water partition coefficient (Wildman–Crippen LogP) is 2.80. The van der Waals surface area contributed by atoms with Crippen LogP contribution in [0.25, 0.3) is 16.9 Å². The molecule has 0 bridgehead atoms. The van der Waals surface area contributed by atoms with Crippen LogP contribution >= 0.6 is 0 Å². The number of carbonyl (C=O) groups is 1. The summed E-state index contributed by atoms with van der Waals surface area (Å²) in [4.78, 5) is 21.5. The molecule has 0 aromatic carbocycles. The lowest BCUT2D eigenvalue weighted by Gasteiger charge is -2.23. The number of hydrogen-bond acceptors (Lipinski definition) is 7. The van der Waals surface area contributed by atoms with E-state index in [1.807, 2.05) is 6.07 Å². The zero-order chi connectivity index (χ0) is 24.5. The van der Waals surface area contributed by atoms with Gasteiger partial charge in [-0.25, -0.2) is 18.3 Å². The molecule has 9 nitrogen and oxygen atoms in total. The van der Waals surface area contributed by atoms with Gasteiger partial charge in [-0.15, -0.1) is 0 Å². The van der Waals surface area contributed by atoms with Crippen LogP contribution in [0.2, 0.25) is 0 Å². The lowest BCUT2D eigenvalue weighted by Crippen LogP contribution is -2.42. The highest BCUT2D eigenvalue weighted by Gasteiger charge is 2.30. The number of aliphatic hydroxyl groups is 1. The van der Waals surface area contributed by atoms with Crippen LogP contribution in [-0.4, -0.2) is 61.1 Å². The minimum Gasteiger partial charge on any atom is -0.387 e. The molecule has 1 unspecified atom stereocenters. The van der Waals surface area contributed by atoms with Crippen molar-refractivity contribution in [1.82, 2.24) is 24.9 Å². The van der Waals surface area contributed by atoms with Gasteiger partial charge in [-0.2, -0.15) is 10.4 Å². The second-order valence-corrected chi connectivity index (χ2v) is 8.92. The first-order valence-corrected chi connectivity index (χ1v) is 11.0. The van der Waals surface area contributed by atoms with Crippen LogP contribution < -0.4 is 10.6 Å². The molecule has 1 aliphatic rings. The van der Waals surface area contributed by atoms with E-state index in [0.717, 1.165) is 6.42 Å². The maximum atomic E-state index is 14.3. The first kappa shape index (κ1) is 23.5. The first-order chi connectivity index (χ1) is 16.2. The number of halogens is 2. The van der Waals surface area contributed by atoms with Crippen molar-refractivity contribution in [2.75, 3.05) is 11.9 Å². The van der Waals surface area contributed by atoms with Crippen LogP contribution in [0.5, 0.6) is 0 Å². The molecule has 3 aromatic heterocycles. The third-order valence-electron chi connectivity index (χ3n) is 5.89. The molecule has 1 aliphatic carbocycles. The minimum absolute atomic E-state index is 0.127. The Kier molecular flexibility index (Phi) is 6.43. The fourth-order valence-corrected chi connectivity index (χ4v) is 3.82. The van der Waals surface area contributed by atoms with Crippen LogP contribution in [-0.2, 0) is 0 Å². The van der Waals surface area contributed by atoms with Crippen molar-refractivity contribution in [3.63, 3.8) is 0 Å². The summed E-state index contributed by atoms with van der Waals surface area (Å²) in [5.74, 6) is -0.599. The van der Waals surface area contributed by atoms with E-state index in [1.54, 1.807) is 12.3 Å². The second-order valence-electron chi connectivity index (χ2n) is 8.92. The molecule has 3 heterocycles.